The number of rotatable bonds is 6. The van der Waals surface area contributed by atoms with E-state index in [-0.39, 0.29) is 0 Å². The average Bonchev–Trinajstić information content (AvgIpc) is 2.30. The number of aromatic nitrogens is 1. The Morgan fingerprint density at radius 2 is 2.11 bits per heavy atom. The number of anilines is 1. The molecule has 0 bridgehead atoms. The van der Waals surface area contributed by atoms with Gasteiger partial charge in [0.2, 0.25) is 0 Å². The van der Waals surface area contributed by atoms with Crippen molar-refractivity contribution in [3.8, 4) is 0 Å². The maximum Gasteiger partial charge on any atom is 0.128 e. The van der Waals surface area contributed by atoms with E-state index in [0.717, 1.165) is 30.5 Å². The lowest BCUT2D eigenvalue weighted by Crippen LogP contribution is -2.30. The molecule has 19 heavy (non-hydrogen) atoms. The number of hydrogen-bond donors (Lipinski definition) is 1. The lowest BCUT2D eigenvalue weighted by atomic mass is 9.85. The second-order valence-corrected chi connectivity index (χ2v) is 6.19. The molecule has 0 atom stereocenters. The van der Waals surface area contributed by atoms with Gasteiger partial charge in [-0.25, -0.2) is 4.98 Å². The normalized spacial score (nSPS) is 15.6. The minimum Gasteiger partial charge on any atom is -0.359 e. The SMILES string of the molecule is Cc1cc(CNC(C)C)cc(N(C)CC2CCC2)n1. The molecule has 1 aliphatic carbocycles. The van der Waals surface area contributed by atoms with Gasteiger partial charge in [0.05, 0.1) is 0 Å². The van der Waals surface area contributed by atoms with Crippen molar-refractivity contribution in [2.24, 2.45) is 5.92 Å². The van der Waals surface area contributed by atoms with Crippen LogP contribution in [0, 0.1) is 12.8 Å². The van der Waals surface area contributed by atoms with Gasteiger partial charge in [0.15, 0.2) is 0 Å². The van der Waals surface area contributed by atoms with Crippen molar-refractivity contribution in [3.63, 3.8) is 0 Å². The fourth-order valence-electron chi connectivity index (χ4n) is 2.50. The largest absolute Gasteiger partial charge is 0.359 e. The topological polar surface area (TPSA) is 28.2 Å². The Hall–Kier alpha value is -1.09. The minimum atomic E-state index is 0.518. The molecule has 1 fully saturated rings. The first kappa shape index (κ1) is 14.3. The third-order valence-corrected chi connectivity index (χ3v) is 3.86. The van der Waals surface area contributed by atoms with Crippen molar-refractivity contribution < 1.29 is 0 Å². The Kier molecular flexibility index (Phi) is 4.81. The summed E-state index contributed by atoms with van der Waals surface area (Å²) in [5, 5.41) is 3.47. The van der Waals surface area contributed by atoms with Crippen LogP contribution >= 0.6 is 0 Å². The number of nitrogens with zero attached hydrogens (tertiary/aromatic N) is 2. The Morgan fingerprint density at radius 3 is 2.68 bits per heavy atom. The van der Waals surface area contributed by atoms with Gasteiger partial charge in [0.1, 0.15) is 5.82 Å². The summed E-state index contributed by atoms with van der Waals surface area (Å²) < 4.78 is 0. The molecule has 1 saturated carbocycles. The van der Waals surface area contributed by atoms with Gasteiger partial charge in [-0.1, -0.05) is 20.3 Å². The standard InChI is InChI=1S/C16H27N3/c1-12(2)17-10-15-8-13(3)18-16(9-15)19(4)11-14-6-5-7-14/h8-9,12,14,17H,5-7,10-11H2,1-4H3. The first-order valence-electron chi connectivity index (χ1n) is 7.46. The molecule has 1 aromatic heterocycles. The molecular weight excluding hydrogens is 234 g/mol. The molecule has 0 spiro atoms. The average molecular weight is 261 g/mol. The highest BCUT2D eigenvalue weighted by Crippen LogP contribution is 2.28. The summed E-state index contributed by atoms with van der Waals surface area (Å²) in [6.45, 7) is 8.51. The third kappa shape index (κ3) is 4.20. The van der Waals surface area contributed by atoms with Crippen LogP contribution in [0.25, 0.3) is 0 Å². The second kappa shape index (κ2) is 6.38. The minimum absolute atomic E-state index is 0.518. The van der Waals surface area contributed by atoms with Crippen molar-refractivity contribution in [1.29, 1.82) is 0 Å². The molecule has 3 nitrogen and oxygen atoms in total. The van der Waals surface area contributed by atoms with Crippen LogP contribution < -0.4 is 10.2 Å². The zero-order chi connectivity index (χ0) is 13.8. The maximum absolute atomic E-state index is 4.67. The number of hydrogen-bond acceptors (Lipinski definition) is 3. The molecule has 1 heterocycles. The molecular formula is C16H27N3. The molecule has 0 radical (unpaired) electrons. The molecule has 1 aliphatic rings. The summed E-state index contributed by atoms with van der Waals surface area (Å²) in [5.41, 5.74) is 2.44. The summed E-state index contributed by atoms with van der Waals surface area (Å²) in [6, 6.07) is 4.92. The van der Waals surface area contributed by atoms with E-state index in [9.17, 15) is 0 Å². The number of pyridine rings is 1. The fourth-order valence-corrected chi connectivity index (χ4v) is 2.50. The highest BCUT2D eigenvalue weighted by Gasteiger charge is 2.19. The van der Waals surface area contributed by atoms with E-state index >= 15 is 0 Å². The van der Waals surface area contributed by atoms with Gasteiger partial charge in [0, 0.05) is 31.9 Å². The molecule has 1 N–H and O–H groups in total. The van der Waals surface area contributed by atoms with E-state index in [4.69, 9.17) is 0 Å². The van der Waals surface area contributed by atoms with E-state index in [1.807, 2.05) is 0 Å². The number of nitrogens with one attached hydrogen (secondary N) is 1. The van der Waals surface area contributed by atoms with Crippen molar-refractivity contribution >= 4 is 5.82 Å². The quantitative estimate of drug-likeness (QED) is 0.853. The van der Waals surface area contributed by atoms with Gasteiger partial charge in [-0.3, -0.25) is 0 Å². The third-order valence-electron chi connectivity index (χ3n) is 3.86. The Labute approximate surface area is 117 Å². The molecule has 1 aromatic rings. The Morgan fingerprint density at radius 1 is 1.37 bits per heavy atom. The second-order valence-electron chi connectivity index (χ2n) is 6.19. The van der Waals surface area contributed by atoms with E-state index in [0.29, 0.717) is 6.04 Å². The van der Waals surface area contributed by atoms with Gasteiger partial charge in [0.25, 0.3) is 0 Å². The van der Waals surface area contributed by atoms with Gasteiger partial charge in [-0.05, 0) is 43.4 Å². The lowest BCUT2D eigenvalue weighted by Gasteiger charge is -2.31. The van der Waals surface area contributed by atoms with Crippen molar-refractivity contribution in [3.05, 3.63) is 23.4 Å². The molecule has 3 heteroatoms. The van der Waals surface area contributed by atoms with Gasteiger partial charge in [-0.15, -0.1) is 0 Å². The summed E-state index contributed by atoms with van der Waals surface area (Å²) >= 11 is 0. The van der Waals surface area contributed by atoms with E-state index < -0.39 is 0 Å². The molecule has 0 aliphatic heterocycles. The van der Waals surface area contributed by atoms with E-state index in [1.165, 1.54) is 24.8 Å². The van der Waals surface area contributed by atoms with Crippen LogP contribution in [0.2, 0.25) is 0 Å². The first-order valence-corrected chi connectivity index (χ1v) is 7.46. The predicted molar refractivity (Wildman–Crippen MR) is 81.6 cm³/mol. The summed E-state index contributed by atoms with van der Waals surface area (Å²) in [7, 11) is 2.17. The smallest absolute Gasteiger partial charge is 0.128 e. The highest BCUT2D eigenvalue weighted by atomic mass is 15.2. The highest BCUT2D eigenvalue weighted by molar-refractivity contribution is 5.42. The number of aryl methyl sites for hydroxylation is 1. The zero-order valence-electron chi connectivity index (χ0n) is 12.7. The summed E-state index contributed by atoms with van der Waals surface area (Å²) in [5.74, 6) is 2.00. The van der Waals surface area contributed by atoms with Crippen LogP contribution in [0.1, 0.15) is 44.4 Å². The van der Waals surface area contributed by atoms with Gasteiger partial charge < -0.3 is 10.2 Å². The van der Waals surface area contributed by atoms with Crippen molar-refractivity contribution in [2.75, 3.05) is 18.5 Å². The molecule has 106 valence electrons. The van der Waals surface area contributed by atoms with Crippen LogP contribution in [-0.4, -0.2) is 24.6 Å². The van der Waals surface area contributed by atoms with Crippen LogP contribution in [0.15, 0.2) is 12.1 Å². The maximum atomic E-state index is 4.67. The molecule has 0 unspecified atom stereocenters. The van der Waals surface area contributed by atoms with Gasteiger partial charge in [-0.2, -0.15) is 0 Å². The van der Waals surface area contributed by atoms with Crippen molar-refractivity contribution in [2.45, 2.75) is 52.6 Å². The molecule has 0 saturated heterocycles. The summed E-state index contributed by atoms with van der Waals surface area (Å²) in [6.07, 6.45) is 4.18. The predicted octanol–water partition coefficient (Wildman–Crippen LogP) is 3.12. The monoisotopic (exact) mass is 261 g/mol. The Bertz CT molecular complexity index is 410. The first-order chi connectivity index (χ1) is 9.04. The van der Waals surface area contributed by atoms with Crippen molar-refractivity contribution in [1.82, 2.24) is 10.3 Å². The molecule has 0 amide bonds. The van der Waals surface area contributed by atoms with Gasteiger partial charge >= 0.3 is 0 Å². The molecule has 2 rings (SSSR count). The fraction of sp³-hybridized carbons (Fsp3) is 0.688. The lowest BCUT2D eigenvalue weighted by molar-refractivity contribution is 0.321. The Balaban J connectivity index is 2.02. The molecule has 0 aromatic carbocycles. The van der Waals surface area contributed by atoms with E-state index in [2.05, 4.69) is 55.2 Å². The van der Waals surface area contributed by atoms with Crippen LogP contribution in [0.4, 0.5) is 5.82 Å². The van der Waals surface area contributed by atoms with Crippen LogP contribution in [0.5, 0.6) is 0 Å². The van der Waals surface area contributed by atoms with Crippen LogP contribution in [0.3, 0.4) is 0 Å². The van der Waals surface area contributed by atoms with E-state index in [1.54, 1.807) is 0 Å². The zero-order valence-corrected chi connectivity index (χ0v) is 12.7. The van der Waals surface area contributed by atoms with Crippen LogP contribution in [-0.2, 0) is 6.54 Å². The summed E-state index contributed by atoms with van der Waals surface area (Å²) in [4.78, 5) is 6.99.